The van der Waals surface area contributed by atoms with Crippen LogP contribution in [0.4, 0.5) is 0 Å². The first-order valence-corrected chi connectivity index (χ1v) is 10.2. The summed E-state index contributed by atoms with van der Waals surface area (Å²) in [6, 6.07) is 16.2. The zero-order chi connectivity index (χ0) is 21.3. The second kappa shape index (κ2) is 7.91. The number of amides is 2. The maximum Gasteiger partial charge on any atom is 0.246 e. The summed E-state index contributed by atoms with van der Waals surface area (Å²) in [7, 11) is 0. The molecule has 0 bridgehead atoms. The molecule has 1 saturated heterocycles. The molecular weight excluding hydrogens is 378 g/mol. The van der Waals surface area contributed by atoms with E-state index in [9.17, 15) is 9.59 Å². The van der Waals surface area contributed by atoms with Gasteiger partial charge in [-0.25, -0.2) is 0 Å². The maximum atomic E-state index is 13.1. The Labute approximate surface area is 175 Å². The minimum absolute atomic E-state index is 0.0113. The number of nitrogens with two attached hydrogens (primary N) is 2. The predicted octanol–water partition coefficient (Wildman–Crippen LogP) is 1.15. The monoisotopic (exact) mass is 405 g/mol. The van der Waals surface area contributed by atoms with Crippen molar-refractivity contribution in [3.05, 3.63) is 71.3 Å². The molecule has 0 aromatic heterocycles. The van der Waals surface area contributed by atoms with Gasteiger partial charge < -0.3 is 21.7 Å². The Hall–Kier alpha value is -3.19. The SMILES string of the molecule is N=C(N)c1ccc(CNC(=O)[C@]23C[C@H]2CCN3C(=O)[C@@H](N)Cc2ccccc2)cc1. The molecule has 7 heteroatoms. The van der Waals surface area contributed by atoms with Gasteiger partial charge in [-0.2, -0.15) is 0 Å². The van der Waals surface area contributed by atoms with Crippen molar-refractivity contribution >= 4 is 17.6 Å². The smallest absolute Gasteiger partial charge is 0.246 e. The topological polar surface area (TPSA) is 125 Å². The zero-order valence-electron chi connectivity index (χ0n) is 16.8. The Bertz CT molecular complexity index is 959. The highest BCUT2D eigenvalue weighted by Gasteiger charge is 2.68. The number of nitrogen functional groups attached to an aromatic ring is 1. The summed E-state index contributed by atoms with van der Waals surface area (Å²) in [4.78, 5) is 27.8. The van der Waals surface area contributed by atoms with E-state index < -0.39 is 11.6 Å². The lowest BCUT2D eigenvalue weighted by molar-refractivity contribution is -0.141. The van der Waals surface area contributed by atoms with Gasteiger partial charge in [0.25, 0.3) is 0 Å². The van der Waals surface area contributed by atoms with E-state index in [-0.39, 0.29) is 23.6 Å². The fourth-order valence-corrected chi connectivity index (χ4v) is 4.47. The van der Waals surface area contributed by atoms with Crippen LogP contribution in [0, 0.1) is 11.3 Å². The van der Waals surface area contributed by atoms with Crippen LogP contribution in [0.25, 0.3) is 0 Å². The average molecular weight is 406 g/mol. The van der Waals surface area contributed by atoms with Crippen molar-refractivity contribution in [2.75, 3.05) is 6.54 Å². The average Bonchev–Trinajstić information content (AvgIpc) is 3.37. The molecule has 1 heterocycles. The molecule has 30 heavy (non-hydrogen) atoms. The molecule has 7 nitrogen and oxygen atoms in total. The lowest BCUT2D eigenvalue weighted by Crippen LogP contribution is -2.55. The van der Waals surface area contributed by atoms with Crippen LogP contribution in [0.3, 0.4) is 0 Å². The van der Waals surface area contributed by atoms with Crippen molar-refractivity contribution in [1.29, 1.82) is 5.41 Å². The summed E-state index contributed by atoms with van der Waals surface area (Å²) in [6.07, 6.45) is 2.00. The van der Waals surface area contributed by atoms with Gasteiger partial charge in [0.2, 0.25) is 11.8 Å². The van der Waals surface area contributed by atoms with Crippen LogP contribution < -0.4 is 16.8 Å². The number of piperidine rings is 1. The summed E-state index contributed by atoms with van der Waals surface area (Å²) in [5, 5.41) is 10.4. The van der Waals surface area contributed by atoms with Crippen molar-refractivity contribution in [2.45, 2.75) is 37.4 Å². The Kier molecular flexibility index (Phi) is 5.30. The zero-order valence-corrected chi connectivity index (χ0v) is 16.8. The summed E-state index contributed by atoms with van der Waals surface area (Å²) in [6.45, 7) is 0.941. The van der Waals surface area contributed by atoms with Crippen molar-refractivity contribution in [2.24, 2.45) is 17.4 Å². The number of carbonyl (C=O) groups is 2. The Morgan fingerprint density at radius 3 is 2.47 bits per heavy atom. The van der Waals surface area contributed by atoms with E-state index in [0.29, 0.717) is 31.5 Å². The molecule has 0 spiro atoms. The fraction of sp³-hybridized carbons (Fsp3) is 0.348. The fourth-order valence-electron chi connectivity index (χ4n) is 4.47. The summed E-state index contributed by atoms with van der Waals surface area (Å²) in [5.41, 5.74) is 13.5. The van der Waals surface area contributed by atoms with Crippen molar-refractivity contribution in [3.8, 4) is 0 Å². The highest BCUT2D eigenvalue weighted by Crippen LogP contribution is 2.56. The van der Waals surface area contributed by atoms with Gasteiger partial charge in [-0.15, -0.1) is 0 Å². The van der Waals surface area contributed by atoms with Crippen molar-refractivity contribution < 1.29 is 9.59 Å². The third-order valence-electron chi connectivity index (χ3n) is 6.25. The normalized spacial score (nSPS) is 22.8. The molecule has 1 aliphatic carbocycles. The standard InChI is InChI=1S/C23H27N5O2/c24-19(12-15-4-2-1-3-5-15)21(29)28-11-10-18-13-23(18,28)22(30)27-14-16-6-8-17(9-7-16)20(25)26/h1-9,18-19H,10-14,24H2,(H3,25,26)(H,27,30)/t18-,19+,23+/m1/s1. The van der Waals surface area contributed by atoms with Crippen LogP contribution in [-0.4, -0.2) is 40.7 Å². The van der Waals surface area contributed by atoms with E-state index in [0.717, 1.165) is 17.5 Å². The Morgan fingerprint density at radius 2 is 1.83 bits per heavy atom. The molecule has 4 rings (SSSR count). The Morgan fingerprint density at radius 1 is 1.13 bits per heavy atom. The van der Waals surface area contributed by atoms with E-state index in [1.165, 1.54) is 0 Å². The number of rotatable bonds is 7. The largest absolute Gasteiger partial charge is 0.384 e. The van der Waals surface area contributed by atoms with Crippen molar-refractivity contribution in [1.82, 2.24) is 10.2 Å². The highest BCUT2D eigenvalue weighted by molar-refractivity contribution is 5.97. The molecular formula is C23H27N5O2. The van der Waals surface area contributed by atoms with E-state index in [1.807, 2.05) is 42.5 Å². The van der Waals surface area contributed by atoms with Gasteiger partial charge >= 0.3 is 0 Å². The van der Waals surface area contributed by atoms with E-state index in [4.69, 9.17) is 16.9 Å². The van der Waals surface area contributed by atoms with Crippen LogP contribution in [0.1, 0.15) is 29.5 Å². The molecule has 0 unspecified atom stereocenters. The van der Waals surface area contributed by atoms with Crippen LogP contribution in [0.15, 0.2) is 54.6 Å². The number of fused-ring (bicyclic) bond motifs is 1. The first-order valence-electron chi connectivity index (χ1n) is 10.2. The van der Waals surface area contributed by atoms with Crippen LogP contribution in [0.5, 0.6) is 0 Å². The molecule has 2 amide bonds. The first-order chi connectivity index (χ1) is 14.4. The van der Waals surface area contributed by atoms with Gasteiger partial charge in [-0.3, -0.25) is 15.0 Å². The summed E-state index contributed by atoms with van der Waals surface area (Å²) >= 11 is 0. The van der Waals surface area contributed by atoms with Gasteiger partial charge in [0.05, 0.1) is 6.04 Å². The number of nitrogens with one attached hydrogen (secondary N) is 2. The number of hydrogen-bond acceptors (Lipinski definition) is 4. The van der Waals surface area contributed by atoms with Crippen molar-refractivity contribution in [3.63, 3.8) is 0 Å². The number of amidine groups is 1. The second-order valence-corrected chi connectivity index (χ2v) is 8.19. The van der Waals surface area contributed by atoms with Gasteiger partial charge in [0.1, 0.15) is 11.4 Å². The third kappa shape index (κ3) is 3.68. The number of carbonyl (C=O) groups excluding carboxylic acids is 2. The Balaban J connectivity index is 1.39. The van der Waals surface area contributed by atoms with Gasteiger partial charge in [-0.05, 0) is 36.3 Å². The molecule has 6 N–H and O–H groups in total. The van der Waals surface area contributed by atoms with Gasteiger partial charge in [0, 0.05) is 18.7 Å². The summed E-state index contributed by atoms with van der Waals surface area (Å²) in [5.74, 6) is -0.0385. The molecule has 2 aromatic rings. The predicted molar refractivity (Wildman–Crippen MR) is 115 cm³/mol. The molecule has 2 aliphatic rings. The summed E-state index contributed by atoms with van der Waals surface area (Å²) < 4.78 is 0. The second-order valence-electron chi connectivity index (χ2n) is 8.19. The lowest BCUT2D eigenvalue weighted by atomic mass is 10.0. The van der Waals surface area contributed by atoms with E-state index in [2.05, 4.69) is 5.32 Å². The molecule has 156 valence electrons. The van der Waals surface area contributed by atoms with E-state index >= 15 is 0 Å². The molecule has 3 atom stereocenters. The number of hydrogen-bond donors (Lipinski definition) is 4. The molecule has 1 saturated carbocycles. The van der Waals surface area contributed by atoms with E-state index in [1.54, 1.807) is 17.0 Å². The molecule has 0 radical (unpaired) electrons. The lowest BCUT2D eigenvalue weighted by Gasteiger charge is -2.30. The maximum absolute atomic E-state index is 13.1. The molecule has 2 aromatic carbocycles. The number of benzene rings is 2. The number of likely N-dealkylation sites (tertiary alicyclic amines) is 1. The quantitative estimate of drug-likeness (QED) is 0.407. The third-order valence-corrected chi connectivity index (χ3v) is 6.25. The molecule has 1 aliphatic heterocycles. The minimum Gasteiger partial charge on any atom is -0.384 e. The van der Waals surface area contributed by atoms with Crippen LogP contribution in [-0.2, 0) is 22.6 Å². The van der Waals surface area contributed by atoms with Crippen LogP contribution >= 0.6 is 0 Å². The van der Waals surface area contributed by atoms with Crippen LogP contribution in [0.2, 0.25) is 0 Å². The number of nitrogens with zero attached hydrogens (tertiary/aromatic N) is 1. The molecule has 2 fully saturated rings. The minimum atomic E-state index is -0.745. The van der Waals surface area contributed by atoms with Gasteiger partial charge in [-0.1, -0.05) is 54.6 Å². The highest BCUT2D eigenvalue weighted by atomic mass is 16.2. The van der Waals surface area contributed by atoms with Gasteiger partial charge in [0.15, 0.2) is 0 Å². The first kappa shape index (κ1) is 20.1.